The fourth-order valence-corrected chi connectivity index (χ4v) is 5.96. The Hall–Kier alpha value is -2.96. The summed E-state index contributed by atoms with van der Waals surface area (Å²) in [4.78, 5) is 19.5. The Labute approximate surface area is 191 Å². The molecule has 1 amide bonds. The molecule has 0 bridgehead atoms. The van der Waals surface area contributed by atoms with Crippen molar-refractivity contribution in [2.75, 3.05) is 19.6 Å². The van der Waals surface area contributed by atoms with Gasteiger partial charge in [-0.25, -0.2) is 0 Å². The van der Waals surface area contributed by atoms with E-state index in [1.165, 1.54) is 5.56 Å². The number of aromatic nitrogens is 1. The van der Waals surface area contributed by atoms with Crippen LogP contribution in [0.3, 0.4) is 0 Å². The molecule has 4 heterocycles. The summed E-state index contributed by atoms with van der Waals surface area (Å²) in [6.07, 6.45) is 3.24. The highest BCUT2D eigenvalue weighted by atomic mass is 32.1. The van der Waals surface area contributed by atoms with Crippen LogP contribution in [0.15, 0.2) is 64.5 Å². The molecular formula is C26H25N3O2S. The van der Waals surface area contributed by atoms with Crippen LogP contribution in [0.1, 0.15) is 33.6 Å². The summed E-state index contributed by atoms with van der Waals surface area (Å²) in [6, 6.07) is 18.5. The van der Waals surface area contributed by atoms with Gasteiger partial charge in [0.1, 0.15) is 5.52 Å². The van der Waals surface area contributed by atoms with Crippen molar-refractivity contribution in [2.24, 2.45) is 0 Å². The highest BCUT2D eigenvalue weighted by Gasteiger charge is 2.30. The number of piperidine rings is 1. The lowest BCUT2D eigenvalue weighted by Crippen LogP contribution is -2.47. The quantitative estimate of drug-likeness (QED) is 0.436. The zero-order valence-electron chi connectivity index (χ0n) is 17.9. The number of rotatable bonds is 3. The maximum absolute atomic E-state index is 13.3. The van der Waals surface area contributed by atoms with Gasteiger partial charge in [0, 0.05) is 48.2 Å². The van der Waals surface area contributed by atoms with E-state index in [4.69, 9.17) is 4.52 Å². The zero-order chi connectivity index (χ0) is 21.5. The van der Waals surface area contributed by atoms with E-state index in [1.54, 1.807) is 4.88 Å². The first-order valence-corrected chi connectivity index (χ1v) is 12.2. The lowest BCUT2D eigenvalue weighted by atomic mass is 9.98. The number of hydrogen-bond donors (Lipinski definition) is 0. The van der Waals surface area contributed by atoms with Gasteiger partial charge in [-0.2, -0.15) is 0 Å². The Bertz CT molecular complexity index is 1250. The Morgan fingerprint density at radius 2 is 1.88 bits per heavy atom. The summed E-state index contributed by atoms with van der Waals surface area (Å²) in [6.45, 7) is 3.82. The standard InChI is InChI=1S/C26H25N3O2S/c30-26(19-6-7-23-22(16-19)25(31-27-23)18-4-2-1-3-5-18)28-12-8-21(9-13-28)29-14-10-24-20(17-29)11-15-32-24/h1-7,11,15-16,21H,8-10,12-14,17H2. The molecule has 0 N–H and O–H groups in total. The van der Waals surface area contributed by atoms with Gasteiger partial charge in [-0.1, -0.05) is 35.5 Å². The first-order valence-electron chi connectivity index (χ1n) is 11.3. The van der Waals surface area contributed by atoms with E-state index < -0.39 is 0 Å². The molecule has 2 aromatic heterocycles. The number of amides is 1. The first kappa shape index (κ1) is 19.7. The first-order chi connectivity index (χ1) is 15.8. The highest BCUT2D eigenvalue weighted by Crippen LogP contribution is 2.31. The second-order valence-corrected chi connectivity index (χ2v) is 9.72. The summed E-state index contributed by atoms with van der Waals surface area (Å²) < 4.78 is 5.60. The second kappa shape index (κ2) is 8.19. The van der Waals surface area contributed by atoms with Crippen LogP contribution >= 0.6 is 11.3 Å². The molecule has 0 atom stereocenters. The van der Waals surface area contributed by atoms with Crippen LogP contribution in [0.5, 0.6) is 0 Å². The second-order valence-electron chi connectivity index (χ2n) is 8.72. The Morgan fingerprint density at radius 1 is 1.03 bits per heavy atom. The molecule has 0 unspecified atom stereocenters. The van der Waals surface area contributed by atoms with Crippen LogP contribution in [-0.4, -0.2) is 46.5 Å². The molecule has 5 nitrogen and oxygen atoms in total. The molecule has 6 heteroatoms. The van der Waals surface area contributed by atoms with Crippen molar-refractivity contribution in [2.45, 2.75) is 31.8 Å². The summed E-state index contributed by atoms with van der Waals surface area (Å²) in [5.74, 6) is 0.816. The average Bonchev–Trinajstić information content (AvgIpc) is 3.50. The van der Waals surface area contributed by atoms with Crippen molar-refractivity contribution in [1.29, 1.82) is 0 Å². The smallest absolute Gasteiger partial charge is 0.253 e. The van der Waals surface area contributed by atoms with E-state index in [0.717, 1.165) is 61.9 Å². The van der Waals surface area contributed by atoms with Crippen molar-refractivity contribution in [3.8, 4) is 11.3 Å². The predicted octanol–water partition coefficient (Wildman–Crippen LogP) is 5.22. The van der Waals surface area contributed by atoms with E-state index in [0.29, 0.717) is 17.4 Å². The molecule has 2 aliphatic heterocycles. The van der Waals surface area contributed by atoms with Crippen molar-refractivity contribution >= 4 is 28.1 Å². The normalized spacial score (nSPS) is 17.6. The molecule has 1 fully saturated rings. The maximum atomic E-state index is 13.3. The van der Waals surface area contributed by atoms with E-state index in [1.807, 2.05) is 64.8 Å². The Balaban J connectivity index is 1.16. The molecule has 6 rings (SSSR count). The minimum absolute atomic E-state index is 0.101. The largest absolute Gasteiger partial charge is 0.355 e. The molecule has 0 saturated carbocycles. The summed E-state index contributed by atoms with van der Waals surface area (Å²) in [5, 5.41) is 7.28. The predicted molar refractivity (Wildman–Crippen MR) is 127 cm³/mol. The fourth-order valence-electron chi connectivity index (χ4n) is 5.07. The van der Waals surface area contributed by atoms with Gasteiger partial charge in [-0.05, 0) is 54.5 Å². The van der Waals surface area contributed by atoms with E-state index in [9.17, 15) is 4.79 Å². The Morgan fingerprint density at radius 3 is 2.72 bits per heavy atom. The van der Waals surface area contributed by atoms with Crippen LogP contribution < -0.4 is 0 Å². The summed E-state index contributed by atoms with van der Waals surface area (Å²) in [5.41, 5.74) is 3.95. The van der Waals surface area contributed by atoms with Gasteiger partial charge in [-0.3, -0.25) is 9.69 Å². The average molecular weight is 444 g/mol. The minimum atomic E-state index is 0.101. The van der Waals surface area contributed by atoms with Crippen molar-refractivity contribution in [3.05, 3.63) is 76.0 Å². The molecule has 1 saturated heterocycles. The molecule has 0 aliphatic carbocycles. The van der Waals surface area contributed by atoms with Crippen LogP contribution in [0.2, 0.25) is 0 Å². The molecule has 2 aliphatic rings. The third kappa shape index (κ3) is 3.53. The fraction of sp³-hybridized carbons (Fsp3) is 0.308. The summed E-state index contributed by atoms with van der Waals surface area (Å²) >= 11 is 1.89. The van der Waals surface area contributed by atoms with E-state index >= 15 is 0 Å². The number of hydrogen-bond acceptors (Lipinski definition) is 5. The van der Waals surface area contributed by atoms with Gasteiger partial charge in [0.2, 0.25) is 0 Å². The van der Waals surface area contributed by atoms with Crippen molar-refractivity contribution < 1.29 is 9.32 Å². The number of thiophene rings is 1. The molecule has 2 aromatic carbocycles. The van der Waals surface area contributed by atoms with Crippen LogP contribution in [0.25, 0.3) is 22.2 Å². The molecular weight excluding hydrogens is 418 g/mol. The molecule has 32 heavy (non-hydrogen) atoms. The summed E-state index contributed by atoms with van der Waals surface area (Å²) in [7, 11) is 0. The number of likely N-dealkylation sites (tertiary alicyclic amines) is 1. The van der Waals surface area contributed by atoms with Gasteiger partial charge >= 0.3 is 0 Å². The number of carbonyl (C=O) groups excluding carboxylic acids is 1. The van der Waals surface area contributed by atoms with Crippen LogP contribution in [0, 0.1) is 0 Å². The number of carbonyl (C=O) groups is 1. The number of nitrogens with zero attached hydrogens (tertiary/aromatic N) is 3. The minimum Gasteiger partial charge on any atom is -0.355 e. The van der Waals surface area contributed by atoms with Gasteiger partial charge < -0.3 is 9.42 Å². The van der Waals surface area contributed by atoms with Gasteiger partial charge in [0.15, 0.2) is 5.76 Å². The van der Waals surface area contributed by atoms with Gasteiger partial charge in [0.05, 0.1) is 5.39 Å². The van der Waals surface area contributed by atoms with Crippen molar-refractivity contribution in [1.82, 2.24) is 15.0 Å². The third-order valence-corrected chi connectivity index (χ3v) is 7.89. The third-order valence-electron chi connectivity index (χ3n) is 6.86. The maximum Gasteiger partial charge on any atom is 0.253 e. The monoisotopic (exact) mass is 443 g/mol. The van der Waals surface area contributed by atoms with Crippen LogP contribution in [0.4, 0.5) is 0 Å². The Kier molecular flexibility index (Phi) is 5.04. The molecule has 162 valence electrons. The van der Waals surface area contributed by atoms with E-state index in [-0.39, 0.29) is 5.91 Å². The zero-order valence-corrected chi connectivity index (χ0v) is 18.7. The molecule has 4 aromatic rings. The van der Waals surface area contributed by atoms with E-state index in [2.05, 4.69) is 21.5 Å². The molecule has 0 radical (unpaired) electrons. The number of fused-ring (bicyclic) bond motifs is 2. The number of benzene rings is 2. The highest BCUT2D eigenvalue weighted by molar-refractivity contribution is 7.10. The van der Waals surface area contributed by atoms with Gasteiger partial charge in [0.25, 0.3) is 5.91 Å². The topological polar surface area (TPSA) is 49.6 Å². The molecule has 0 spiro atoms. The van der Waals surface area contributed by atoms with Crippen LogP contribution in [-0.2, 0) is 13.0 Å². The van der Waals surface area contributed by atoms with Gasteiger partial charge in [-0.15, -0.1) is 11.3 Å². The lowest BCUT2D eigenvalue weighted by Gasteiger charge is -2.40. The lowest BCUT2D eigenvalue weighted by molar-refractivity contribution is 0.0600. The van der Waals surface area contributed by atoms with Crippen molar-refractivity contribution in [3.63, 3.8) is 0 Å². The SMILES string of the molecule is O=C(c1ccc2noc(-c3ccccc3)c2c1)N1CCC(N2CCc3sccc3C2)CC1.